The van der Waals surface area contributed by atoms with Gasteiger partial charge in [-0.25, -0.2) is 0 Å². The molecular weight excluding hydrogens is 549 g/mol. The molecule has 0 bridgehead atoms. The smallest absolute Gasteiger partial charge is 0.0409 e. The van der Waals surface area contributed by atoms with Crippen LogP contribution in [0.3, 0.4) is 0 Å². The second kappa shape index (κ2) is 9.04. The Labute approximate surface area is 259 Å². The van der Waals surface area contributed by atoms with Gasteiger partial charge in [-0.05, 0) is 108 Å². The molecule has 0 saturated heterocycles. The van der Waals surface area contributed by atoms with E-state index in [9.17, 15) is 0 Å². The molecule has 9 aromatic rings. The third-order valence-electron chi connectivity index (χ3n) is 9.59. The van der Waals surface area contributed by atoms with Crippen LogP contribution in [-0.2, 0) is 0 Å². The molecule has 0 N–H and O–H groups in total. The van der Waals surface area contributed by atoms with Gasteiger partial charge in [-0.2, -0.15) is 0 Å². The normalized spacial score (nSPS) is 14.0. The second-order valence-electron chi connectivity index (χ2n) is 11.8. The summed E-state index contributed by atoms with van der Waals surface area (Å²) in [6, 6.07) is 57.8. The standard InChI is InChI=1S/C43H24S/c1-2-12-26(13-3-1)36-24-28(25-37-29-15-5-4-14-27(29)22-23-30(36)37)39-31-16-6-7-17-32(31)40-33-18-8-9-19-34(33)41-35-20-10-11-21-38(35)44-43(41)42(39)40/h2,4-25,39H. The third kappa shape index (κ3) is 3.24. The third-order valence-corrected chi connectivity index (χ3v) is 10.8. The van der Waals surface area contributed by atoms with Crippen molar-refractivity contribution >= 4 is 63.8 Å². The first kappa shape index (κ1) is 24.1. The van der Waals surface area contributed by atoms with E-state index >= 15 is 0 Å². The first-order valence-electron chi connectivity index (χ1n) is 15.1. The lowest BCUT2D eigenvalue weighted by atomic mass is 9.83. The molecule has 8 aromatic carbocycles. The molecule has 1 aliphatic rings. The highest BCUT2D eigenvalue weighted by Crippen LogP contribution is 2.57. The van der Waals surface area contributed by atoms with Gasteiger partial charge in [0.1, 0.15) is 0 Å². The van der Waals surface area contributed by atoms with E-state index in [0.717, 1.165) is 0 Å². The Morgan fingerprint density at radius 2 is 1.32 bits per heavy atom. The van der Waals surface area contributed by atoms with Gasteiger partial charge >= 0.3 is 0 Å². The largest absolute Gasteiger partial charge is 0.135 e. The van der Waals surface area contributed by atoms with Crippen LogP contribution in [0.5, 0.6) is 0 Å². The molecule has 0 radical (unpaired) electrons. The van der Waals surface area contributed by atoms with Gasteiger partial charge in [-0.15, -0.1) is 11.3 Å². The number of benzene rings is 7. The van der Waals surface area contributed by atoms with Gasteiger partial charge in [0, 0.05) is 26.1 Å². The number of hydrogen-bond donors (Lipinski definition) is 0. The van der Waals surface area contributed by atoms with Crippen LogP contribution in [0.2, 0.25) is 0 Å². The van der Waals surface area contributed by atoms with Crippen molar-refractivity contribution in [1.82, 2.24) is 0 Å². The van der Waals surface area contributed by atoms with E-state index in [4.69, 9.17) is 0 Å². The fourth-order valence-electron chi connectivity index (χ4n) is 7.78. The van der Waals surface area contributed by atoms with E-state index in [1.807, 2.05) is 17.4 Å². The highest BCUT2D eigenvalue weighted by molar-refractivity contribution is 7.26. The summed E-state index contributed by atoms with van der Waals surface area (Å²) in [6.45, 7) is 0. The van der Waals surface area contributed by atoms with E-state index in [2.05, 4.69) is 146 Å². The monoisotopic (exact) mass is 572 g/mol. The Bertz CT molecular complexity index is 2600. The Balaban J connectivity index is 1.39. The molecule has 0 fully saturated rings. The van der Waals surface area contributed by atoms with E-state index in [1.54, 1.807) is 0 Å². The maximum absolute atomic E-state index is 3.22. The lowest BCUT2D eigenvalue weighted by Crippen LogP contribution is -2.01. The topological polar surface area (TPSA) is 0 Å². The Hall–Kier alpha value is -5.42. The van der Waals surface area contributed by atoms with Crippen LogP contribution in [0, 0.1) is 12.1 Å². The van der Waals surface area contributed by atoms with Crippen LogP contribution in [0.1, 0.15) is 22.6 Å². The average molecular weight is 573 g/mol. The molecule has 10 rings (SSSR count). The van der Waals surface area contributed by atoms with Gasteiger partial charge in [0.2, 0.25) is 0 Å². The van der Waals surface area contributed by atoms with E-state index in [-0.39, 0.29) is 5.92 Å². The fourth-order valence-corrected chi connectivity index (χ4v) is 9.08. The van der Waals surface area contributed by atoms with Crippen molar-refractivity contribution in [2.75, 3.05) is 0 Å². The van der Waals surface area contributed by atoms with Crippen LogP contribution in [0.15, 0.2) is 140 Å². The maximum atomic E-state index is 3.22. The van der Waals surface area contributed by atoms with Crippen molar-refractivity contribution in [1.29, 1.82) is 0 Å². The van der Waals surface area contributed by atoms with Gasteiger partial charge in [-0.3, -0.25) is 0 Å². The molecular formula is C43H24S. The molecule has 1 unspecified atom stereocenters. The molecule has 0 amide bonds. The van der Waals surface area contributed by atoms with Gasteiger partial charge in [0.05, 0.1) is 0 Å². The summed E-state index contributed by atoms with van der Waals surface area (Å²) in [4.78, 5) is 0. The van der Waals surface area contributed by atoms with Gasteiger partial charge in [0.15, 0.2) is 0 Å². The van der Waals surface area contributed by atoms with Crippen molar-refractivity contribution in [3.8, 4) is 22.3 Å². The predicted octanol–water partition coefficient (Wildman–Crippen LogP) is 11.9. The second-order valence-corrected chi connectivity index (χ2v) is 12.9. The summed E-state index contributed by atoms with van der Waals surface area (Å²) in [6.07, 6.45) is 0. The Morgan fingerprint density at radius 1 is 0.545 bits per heavy atom. The Morgan fingerprint density at radius 3 is 2.20 bits per heavy atom. The minimum absolute atomic E-state index is 0.114. The van der Waals surface area contributed by atoms with E-state index in [0.29, 0.717) is 0 Å². The molecule has 1 aromatic heterocycles. The molecule has 202 valence electrons. The molecule has 44 heavy (non-hydrogen) atoms. The molecule has 1 heteroatoms. The maximum Gasteiger partial charge on any atom is 0.0409 e. The highest BCUT2D eigenvalue weighted by Gasteiger charge is 2.35. The number of thiophene rings is 1. The van der Waals surface area contributed by atoms with Crippen molar-refractivity contribution in [2.24, 2.45) is 0 Å². The number of fused-ring (bicyclic) bond motifs is 13. The summed E-state index contributed by atoms with van der Waals surface area (Å²) in [5.41, 5.74) is 9.32. The minimum Gasteiger partial charge on any atom is -0.135 e. The van der Waals surface area contributed by atoms with Crippen LogP contribution in [0.25, 0.3) is 74.7 Å². The van der Waals surface area contributed by atoms with Gasteiger partial charge in [-0.1, -0.05) is 115 Å². The summed E-state index contributed by atoms with van der Waals surface area (Å²) in [5.74, 6) is 0.114. The molecule has 1 aliphatic carbocycles. The van der Waals surface area contributed by atoms with Crippen LogP contribution in [0.4, 0.5) is 0 Å². The molecule has 1 heterocycles. The molecule has 0 spiro atoms. The minimum atomic E-state index is 0.114. The molecule has 0 aliphatic heterocycles. The van der Waals surface area contributed by atoms with Gasteiger partial charge < -0.3 is 0 Å². The van der Waals surface area contributed by atoms with E-state index < -0.39 is 0 Å². The van der Waals surface area contributed by atoms with Crippen LogP contribution >= 0.6 is 11.3 Å². The molecule has 0 nitrogen and oxygen atoms in total. The number of hydrogen-bond acceptors (Lipinski definition) is 1. The highest BCUT2D eigenvalue weighted by atomic mass is 32.1. The van der Waals surface area contributed by atoms with E-state index in [1.165, 1.54) is 91.4 Å². The predicted molar refractivity (Wildman–Crippen MR) is 188 cm³/mol. The SMILES string of the molecule is c1ccc(-c2cc(C3c4ccccc4-c4c3c3sc5ccccc5c3c3ccccc43)cc3c2ccc2ccccc23)cc#1. The van der Waals surface area contributed by atoms with Crippen LogP contribution < -0.4 is 0 Å². The summed E-state index contributed by atoms with van der Waals surface area (Å²) in [5, 5.41) is 10.5. The van der Waals surface area contributed by atoms with Crippen molar-refractivity contribution in [3.05, 3.63) is 168 Å². The molecule has 0 saturated carbocycles. The zero-order valence-corrected chi connectivity index (χ0v) is 24.6. The molecule has 1 atom stereocenters. The first-order valence-corrected chi connectivity index (χ1v) is 16.0. The fraction of sp³-hybridized carbons (Fsp3) is 0.0233. The van der Waals surface area contributed by atoms with Crippen molar-refractivity contribution in [2.45, 2.75) is 5.92 Å². The zero-order chi connectivity index (χ0) is 28.8. The van der Waals surface area contributed by atoms with Gasteiger partial charge in [0.25, 0.3) is 0 Å². The van der Waals surface area contributed by atoms with Crippen LogP contribution in [-0.4, -0.2) is 0 Å². The first-order chi connectivity index (χ1) is 21.8. The quantitative estimate of drug-likeness (QED) is 0.181. The van der Waals surface area contributed by atoms with Crippen molar-refractivity contribution < 1.29 is 0 Å². The zero-order valence-electron chi connectivity index (χ0n) is 23.8. The lowest BCUT2D eigenvalue weighted by molar-refractivity contribution is 1.03. The number of rotatable bonds is 2. The Kier molecular flexibility index (Phi) is 4.95. The average Bonchev–Trinajstić information content (AvgIpc) is 3.65. The summed E-state index contributed by atoms with van der Waals surface area (Å²) in [7, 11) is 0. The summed E-state index contributed by atoms with van der Waals surface area (Å²) < 4.78 is 2.75. The van der Waals surface area contributed by atoms with Crippen molar-refractivity contribution in [3.63, 3.8) is 0 Å². The lowest BCUT2D eigenvalue weighted by Gasteiger charge is -2.20. The summed E-state index contributed by atoms with van der Waals surface area (Å²) >= 11 is 1.95.